The maximum atomic E-state index is 10.7. The van der Waals surface area contributed by atoms with Crippen LogP contribution in [0.3, 0.4) is 0 Å². The Morgan fingerprint density at radius 3 is 2.75 bits per heavy atom. The number of phenols is 2. The third-order valence-corrected chi connectivity index (χ3v) is 5.52. The van der Waals surface area contributed by atoms with Gasteiger partial charge in [0.15, 0.2) is 0 Å². The van der Waals surface area contributed by atoms with Crippen LogP contribution in [-0.4, -0.2) is 10.2 Å². The zero-order chi connectivity index (χ0) is 14.1. The summed E-state index contributed by atoms with van der Waals surface area (Å²) in [4.78, 5) is 0. The van der Waals surface area contributed by atoms with E-state index in [1.54, 1.807) is 0 Å². The van der Waals surface area contributed by atoms with Gasteiger partial charge >= 0.3 is 0 Å². The van der Waals surface area contributed by atoms with Crippen molar-refractivity contribution in [3.05, 3.63) is 34.9 Å². The highest BCUT2D eigenvalue weighted by molar-refractivity contribution is 5.97. The maximum Gasteiger partial charge on any atom is 0.127 e. The lowest BCUT2D eigenvalue weighted by molar-refractivity contribution is 0.427. The SMILES string of the molecule is CCc1ccc2c(O)c3c(c(O)c2c1)C1CCC3(C)C1. The Kier molecular flexibility index (Phi) is 2.23. The molecule has 0 aliphatic heterocycles. The molecule has 2 N–H and O–H groups in total. The Morgan fingerprint density at radius 2 is 2.00 bits per heavy atom. The topological polar surface area (TPSA) is 40.5 Å². The van der Waals surface area contributed by atoms with E-state index in [2.05, 4.69) is 13.8 Å². The Bertz CT molecular complexity index is 732. The molecule has 0 amide bonds. The predicted octanol–water partition coefficient (Wildman–Crippen LogP) is 4.35. The molecule has 1 saturated carbocycles. The molecule has 2 unspecified atom stereocenters. The van der Waals surface area contributed by atoms with Gasteiger partial charge in [-0.25, -0.2) is 0 Å². The molecule has 20 heavy (non-hydrogen) atoms. The molecular formula is C18H20O2. The third-order valence-electron chi connectivity index (χ3n) is 5.52. The van der Waals surface area contributed by atoms with Crippen molar-refractivity contribution < 1.29 is 10.2 Å². The zero-order valence-electron chi connectivity index (χ0n) is 12.0. The van der Waals surface area contributed by atoms with Crippen LogP contribution in [-0.2, 0) is 11.8 Å². The van der Waals surface area contributed by atoms with Crippen LogP contribution in [0.15, 0.2) is 18.2 Å². The lowest BCUT2D eigenvalue weighted by Gasteiger charge is -2.27. The lowest BCUT2D eigenvalue weighted by atomic mass is 9.78. The summed E-state index contributed by atoms with van der Waals surface area (Å²) in [5, 5.41) is 23.1. The van der Waals surface area contributed by atoms with Crippen LogP contribution in [0.2, 0.25) is 0 Å². The Morgan fingerprint density at radius 1 is 1.20 bits per heavy atom. The molecule has 2 aliphatic rings. The van der Waals surface area contributed by atoms with Crippen molar-refractivity contribution in [2.24, 2.45) is 0 Å². The highest BCUT2D eigenvalue weighted by Gasteiger charge is 2.49. The summed E-state index contributed by atoms with van der Waals surface area (Å²) in [6, 6.07) is 6.03. The number of phenolic OH excluding ortho intramolecular Hbond substituents is 2. The monoisotopic (exact) mass is 268 g/mol. The second-order valence-electron chi connectivity index (χ2n) is 6.72. The minimum atomic E-state index is 0.0547. The summed E-state index contributed by atoms with van der Waals surface area (Å²) in [6.07, 6.45) is 4.26. The summed E-state index contributed by atoms with van der Waals surface area (Å²) < 4.78 is 0. The first-order valence-electron chi connectivity index (χ1n) is 7.56. The molecule has 0 radical (unpaired) electrons. The molecule has 0 aromatic heterocycles. The molecule has 2 nitrogen and oxygen atoms in total. The first-order chi connectivity index (χ1) is 9.55. The van der Waals surface area contributed by atoms with Crippen molar-refractivity contribution in [1.29, 1.82) is 0 Å². The quantitative estimate of drug-likeness (QED) is 0.755. The molecule has 0 spiro atoms. The van der Waals surface area contributed by atoms with Gasteiger partial charge in [-0.1, -0.05) is 26.0 Å². The predicted molar refractivity (Wildman–Crippen MR) is 80.6 cm³/mol. The first kappa shape index (κ1) is 12.1. The average molecular weight is 268 g/mol. The van der Waals surface area contributed by atoms with Gasteiger partial charge in [0.05, 0.1) is 0 Å². The van der Waals surface area contributed by atoms with Crippen LogP contribution >= 0.6 is 0 Å². The summed E-state index contributed by atoms with van der Waals surface area (Å²) in [7, 11) is 0. The largest absolute Gasteiger partial charge is 0.507 e. The van der Waals surface area contributed by atoms with Gasteiger partial charge in [-0.2, -0.15) is 0 Å². The fourth-order valence-electron chi connectivity index (χ4n) is 4.46. The Hall–Kier alpha value is -1.70. The number of hydrogen-bond acceptors (Lipinski definition) is 2. The van der Waals surface area contributed by atoms with Crippen LogP contribution in [0, 0.1) is 0 Å². The van der Waals surface area contributed by atoms with E-state index in [-0.39, 0.29) is 5.41 Å². The Labute approximate surface area is 119 Å². The van der Waals surface area contributed by atoms with E-state index in [0.29, 0.717) is 17.4 Å². The van der Waals surface area contributed by atoms with Gasteiger partial charge in [0.1, 0.15) is 11.5 Å². The van der Waals surface area contributed by atoms with Crippen LogP contribution in [0.4, 0.5) is 0 Å². The number of benzene rings is 2. The van der Waals surface area contributed by atoms with Crippen molar-refractivity contribution in [3.63, 3.8) is 0 Å². The van der Waals surface area contributed by atoms with Crippen molar-refractivity contribution >= 4 is 10.8 Å². The van der Waals surface area contributed by atoms with Crippen molar-refractivity contribution in [2.75, 3.05) is 0 Å². The summed E-state index contributed by atoms with van der Waals surface area (Å²) in [6.45, 7) is 4.33. The van der Waals surface area contributed by atoms with Gasteiger partial charge in [-0.15, -0.1) is 0 Å². The highest BCUT2D eigenvalue weighted by Crippen LogP contribution is 2.63. The molecule has 4 rings (SSSR count). The number of fused-ring (bicyclic) bond motifs is 6. The number of hydrogen-bond donors (Lipinski definition) is 2. The van der Waals surface area contributed by atoms with Gasteiger partial charge in [-0.05, 0) is 48.6 Å². The minimum Gasteiger partial charge on any atom is -0.507 e. The smallest absolute Gasteiger partial charge is 0.127 e. The zero-order valence-corrected chi connectivity index (χ0v) is 12.0. The molecule has 2 aromatic carbocycles. The molecule has 104 valence electrons. The number of rotatable bonds is 1. The van der Waals surface area contributed by atoms with E-state index in [0.717, 1.165) is 47.6 Å². The number of aryl methyl sites for hydroxylation is 1. The van der Waals surface area contributed by atoms with E-state index in [9.17, 15) is 10.2 Å². The van der Waals surface area contributed by atoms with Crippen LogP contribution in [0.25, 0.3) is 10.8 Å². The molecule has 0 saturated heterocycles. The van der Waals surface area contributed by atoms with Gasteiger partial charge in [0.25, 0.3) is 0 Å². The molecule has 2 heteroatoms. The summed E-state index contributed by atoms with van der Waals surface area (Å²) in [5.74, 6) is 1.24. The van der Waals surface area contributed by atoms with Crippen molar-refractivity contribution in [2.45, 2.75) is 50.9 Å². The lowest BCUT2D eigenvalue weighted by Crippen LogP contribution is -2.16. The van der Waals surface area contributed by atoms with Crippen molar-refractivity contribution in [1.82, 2.24) is 0 Å². The number of aromatic hydroxyl groups is 2. The third kappa shape index (κ3) is 1.29. The second kappa shape index (κ2) is 3.69. The van der Waals surface area contributed by atoms with Crippen LogP contribution in [0.1, 0.15) is 55.7 Å². The van der Waals surface area contributed by atoms with Gasteiger partial charge in [0, 0.05) is 21.9 Å². The van der Waals surface area contributed by atoms with E-state index >= 15 is 0 Å². The molecule has 2 aliphatic carbocycles. The highest BCUT2D eigenvalue weighted by atomic mass is 16.3. The van der Waals surface area contributed by atoms with Gasteiger partial charge in [0.2, 0.25) is 0 Å². The molecule has 2 aromatic rings. The van der Waals surface area contributed by atoms with Gasteiger partial charge < -0.3 is 10.2 Å². The van der Waals surface area contributed by atoms with Crippen LogP contribution in [0.5, 0.6) is 11.5 Å². The van der Waals surface area contributed by atoms with Crippen molar-refractivity contribution in [3.8, 4) is 11.5 Å². The Balaban J connectivity index is 2.12. The van der Waals surface area contributed by atoms with E-state index in [1.165, 1.54) is 5.56 Å². The first-order valence-corrected chi connectivity index (χ1v) is 7.56. The minimum absolute atomic E-state index is 0.0547. The second-order valence-corrected chi connectivity index (χ2v) is 6.72. The van der Waals surface area contributed by atoms with E-state index in [4.69, 9.17) is 0 Å². The molecule has 2 atom stereocenters. The van der Waals surface area contributed by atoms with Crippen LogP contribution < -0.4 is 0 Å². The fraction of sp³-hybridized carbons (Fsp3) is 0.444. The fourth-order valence-corrected chi connectivity index (χ4v) is 4.46. The molecule has 1 fully saturated rings. The summed E-state index contributed by atoms with van der Waals surface area (Å²) in [5.41, 5.74) is 3.29. The van der Waals surface area contributed by atoms with E-state index in [1.807, 2.05) is 18.2 Å². The van der Waals surface area contributed by atoms with Gasteiger partial charge in [-0.3, -0.25) is 0 Å². The molecular weight excluding hydrogens is 248 g/mol. The standard InChI is InChI=1S/C18H20O2/c1-3-10-4-5-12-13(8-10)16(19)14-11-6-7-18(2,9-11)15(14)17(12)20/h4-5,8,11,19-20H,3,6-7,9H2,1-2H3. The molecule has 0 heterocycles. The average Bonchev–Trinajstić information content (AvgIpc) is 2.97. The normalized spacial score (nSPS) is 27.2. The maximum absolute atomic E-state index is 10.7. The van der Waals surface area contributed by atoms with E-state index < -0.39 is 0 Å². The molecule has 2 bridgehead atoms. The summed E-state index contributed by atoms with van der Waals surface area (Å²) >= 11 is 0.